The highest BCUT2D eigenvalue weighted by atomic mass is 127. The Balaban J connectivity index is 3.36. The summed E-state index contributed by atoms with van der Waals surface area (Å²) >= 11 is 1.21. The van der Waals surface area contributed by atoms with E-state index in [1.807, 2.05) is 0 Å². The highest BCUT2D eigenvalue weighted by Gasteiger charge is 2.38. The maximum absolute atomic E-state index is 12.5. The quantitative estimate of drug-likeness (QED) is 0.339. The Morgan fingerprint density at radius 1 is 1.22 bits per heavy atom. The third kappa shape index (κ3) is 3.71. The molecule has 0 saturated carbocycles. The molecule has 10 heteroatoms. The Kier molecular flexibility index (Phi) is 4.08. The summed E-state index contributed by atoms with van der Waals surface area (Å²) in [5, 5.41) is 0. The Hall–Kier alpha value is -1.07. The Morgan fingerprint density at radius 2 is 1.78 bits per heavy atom. The molecule has 0 N–H and O–H groups in total. The maximum atomic E-state index is 12.5. The first kappa shape index (κ1) is 15.0. The number of alkyl halides is 6. The number of rotatable bonds is 2. The van der Waals surface area contributed by atoms with Gasteiger partial charge in [-0.25, -0.2) is 4.98 Å². The molecule has 0 radical (unpaired) electrons. The van der Waals surface area contributed by atoms with E-state index >= 15 is 0 Å². The molecule has 0 amide bonds. The number of aldehydes is 1. The van der Waals surface area contributed by atoms with Gasteiger partial charge in [0.15, 0.2) is 6.29 Å². The van der Waals surface area contributed by atoms with Crippen molar-refractivity contribution in [2.75, 3.05) is 0 Å². The predicted octanol–water partition coefficient (Wildman–Crippen LogP) is 3.42. The summed E-state index contributed by atoms with van der Waals surface area (Å²) in [6.45, 7) is 0. The van der Waals surface area contributed by atoms with Crippen molar-refractivity contribution in [1.82, 2.24) is 4.98 Å². The largest absolute Gasteiger partial charge is 0.574 e. The minimum absolute atomic E-state index is 0.0272. The first-order valence-corrected chi connectivity index (χ1v) is 5.11. The Bertz CT molecular complexity index is 470. The molecule has 1 heterocycles. The van der Waals surface area contributed by atoms with Crippen LogP contribution in [0, 0.1) is 3.70 Å². The molecule has 0 unspecified atom stereocenters. The van der Waals surface area contributed by atoms with Crippen LogP contribution in [0.5, 0.6) is 5.88 Å². The summed E-state index contributed by atoms with van der Waals surface area (Å²) in [4.78, 5) is 13.6. The van der Waals surface area contributed by atoms with Crippen molar-refractivity contribution in [3.63, 3.8) is 0 Å². The van der Waals surface area contributed by atoms with E-state index in [0.717, 1.165) is 0 Å². The van der Waals surface area contributed by atoms with Gasteiger partial charge in [-0.3, -0.25) is 4.79 Å². The van der Waals surface area contributed by atoms with E-state index in [4.69, 9.17) is 0 Å². The first-order chi connectivity index (χ1) is 8.04. The molecule has 0 spiro atoms. The molecule has 0 aliphatic carbocycles. The van der Waals surface area contributed by atoms with Gasteiger partial charge in [0.05, 0.1) is 11.1 Å². The van der Waals surface area contributed by atoms with E-state index in [9.17, 15) is 31.1 Å². The van der Waals surface area contributed by atoms with Gasteiger partial charge in [-0.05, 0) is 22.6 Å². The number of carbonyl (C=O) groups excluding carboxylic acids is 1. The number of pyridine rings is 1. The van der Waals surface area contributed by atoms with Crippen LogP contribution in [0.2, 0.25) is 0 Å². The second-order valence-corrected chi connectivity index (χ2v) is 3.90. The van der Waals surface area contributed by atoms with Crippen LogP contribution in [0.4, 0.5) is 26.3 Å². The van der Waals surface area contributed by atoms with Crippen LogP contribution in [-0.2, 0) is 6.18 Å². The van der Waals surface area contributed by atoms with Crippen LogP contribution < -0.4 is 4.74 Å². The van der Waals surface area contributed by atoms with Crippen LogP contribution in [0.3, 0.4) is 0 Å². The van der Waals surface area contributed by atoms with Gasteiger partial charge >= 0.3 is 12.5 Å². The lowest BCUT2D eigenvalue weighted by molar-refractivity contribution is -0.276. The maximum Gasteiger partial charge on any atom is 0.574 e. The normalized spacial score (nSPS) is 12.4. The molecule has 18 heavy (non-hydrogen) atoms. The zero-order chi connectivity index (χ0) is 14.1. The zero-order valence-electron chi connectivity index (χ0n) is 8.06. The van der Waals surface area contributed by atoms with Crippen LogP contribution in [0.25, 0.3) is 0 Å². The summed E-state index contributed by atoms with van der Waals surface area (Å²) in [7, 11) is 0. The molecular formula is C8H2F6INO2. The SMILES string of the molecule is O=Cc1c(C(F)(F)F)cc(OC(F)(F)F)nc1I. The van der Waals surface area contributed by atoms with Crippen LogP contribution in [-0.4, -0.2) is 17.6 Å². The highest BCUT2D eigenvalue weighted by molar-refractivity contribution is 14.1. The second kappa shape index (κ2) is 4.90. The lowest BCUT2D eigenvalue weighted by Gasteiger charge is -2.13. The molecule has 0 fully saturated rings. The number of halogens is 7. The van der Waals surface area contributed by atoms with E-state index < -0.39 is 33.2 Å². The van der Waals surface area contributed by atoms with Crippen molar-refractivity contribution in [1.29, 1.82) is 0 Å². The molecule has 1 rings (SSSR count). The summed E-state index contributed by atoms with van der Waals surface area (Å²) in [5.41, 5.74) is -2.37. The van der Waals surface area contributed by atoms with Gasteiger partial charge < -0.3 is 4.74 Å². The van der Waals surface area contributed by atoms with E-state index in [-0.39, 0.29) is 12.4 Å². The molecular weight excluding hydrogens is 383 g/mol. The second-order valence-electron chi connectivity index (χ2n) is 2.88. The van der Waals surface area contributed by atoms with Gasteiger partial charge in [-0.2, -0.15) is 13.2 Å². The monoisotopic (exact) mass is 385 g/mol. The lowest BCUT2D eigenvalue weighted by atomic mass is 10.1. The van der Waals surface area contributed by atoms with E-state index in [1.54, 1.807) is 0 Å². The predicted molar refractivity (Wildman–Crippen MR) is 54.0 cm³/mol. The van der Waals surface area contributed by atoms with Gasteiger partial charge in [0.1, 0.15) is 3.70 Å². The molecule has 1 aromatic rings. The van der Waals surface area contributed by atoms with Crippen LogP contribution in [0.1, 0.15) is 15.9 Å². The molecule has 100 valence electrons. The van der Waals surface area contributed by atoms with Crippen molar-refractivity contribution >= 4 is 28.9 Å². The van der Waals surface area contributed by atoms with E-state index in [1.165, 1.54) is 22.6 Å². The van der Waals surface area contributed by atoms with Crippen molar-refractivity contribution in [2.24, 2.45) is 0 Å². The van der Waals surface area contributed by atoms with Crippen molar-refractivity contribution in [3.05, 3.63) is 20.9 Å². The Labute approximate surface area is 109 Å². The highest BCUT2D eigenvalue weighted by Crippen LogP contribution is 2.35. The molecule has 3 nitrogen and oxygen atoms in total. The fourth-order valence-corrected chi connectivity index (χ4v) is 1.67. The van der Waals surface area contributed by atoms with Gasteiger partial charge in [0.2, 0.25) is 5.88 Å². The fraction of sp³-hybridized carbons (Fsp3) is 0.250. The molecule has 0 aliphatic rings. The molecule has 0 bridgehead atoms. The fourth-order valence-electron chi connectivity index (χ4n) is 1.02. The third-order valence-electron chi connectivity index (χ3n) is 1.63. The number of nitrogens with zero attached hydrogens (tertiary/aromatic N) is 1. The molecule has 0 atom stereocenters. The first-order valence-electron chi connectivity index (χ1n) is 4.03. The average molecular weight is 385 g/mol. The minimum atomic E-state index is -5.17. The van der Waals surface area contributed by atoms with Gasteiger partial charge in [0.25, 0.3) is 0 Å². The standard InChI is InChI=1S/C8H2F6INO2/c9-7(10,11)4-1-5(18-8(12,13)14)16-6(15)3(4)2-17/h1-2H. The van der Waals surface area contributed by atoms with Gasteiger partial charge in [0, 0.05) is 6.07 Å². The lowest BCUT2D eigenvalue weighted by Crippen LogP contribution is -2.20. The average Bonchev–Trinajstić information content (AvgIpc) is 2.12. The number of carbonyl (C=O) groups is 1. The van der Waals surface area contributed by atoms with Gasteiger partial charge in [-0.1, -0.05) is 0 Å². The molecule has 0 aromatic carbocycles. The summed E-state index contributed by atoms with van der Waals surface area (Å²) in [6.07, 6.45) is -10.3. The van der Waals surface area contributed by atoms with Gasteiger partial charge in [-0.15, -0.1) is 13.2 Å². The van der Waals surface area contributed by atoms with Crippen molar-refractivity contribution < 1.29 is 35.9 Å². The van der Waals surface area contributed by atoms with Crippen LogP contribution >= 0.6 is 22.6 Å². The smallest absolute Gasteiger partial charge is 0.388 e. The number of ether oxygens (including phenoxy) is 1. The Morgan fingerprint density at radius 3 is 2.17 bits per heavy atom. The zero-order valence-corrected chi connectivity index (χ0v) is 10.2. The third-order valence-corrected chi connectivity index (χ3v) is 2.45. The molecule has 0 aliphatic heterocycles. The summed E-state index contributed by atoms with van der Waals surface area (Å²) < 4.78 is 75.9. The number of hydrogen-bond donors (Lipinski definition) is 0. The summed E-state index contributed by atoms with van der Waals surface area (Å²) in [5.74, 6) is -1.27. The molecule has 0 saturated heterocycles. The van der Waals surface area contributed by atoms with Crippen molar-refractivity contribution in [2.45, 2.75) is 12.5 Å². The molecule has 1 aromatic heterocycles. The number of aromatic nitrogens is 1. The summed E-state index contributed by atoms with van der Waals surface area (Å²) in [6, 6.07) is 0.0272. The van der Waals surface area contributed by atoms with E-state index in [2.05, 4.69) is 9.72 Å². The van der Waals surface area contributed by atoms with Crippen LogP contribution in [0.15, 0.2) is 6.07 Å². The van der Waals surface area contributed by atoms with Crippen molar-refractivity contribution in [3.8, 4) is 5.88 Å². The number of hydrogen-bond acceptors (Lipinski definition) is 3. The van der Waals surface area contributed by atoms with E-state index in [0.29, 0.717) is 0 Å². The topological polar surface area (TPSA) is 39.2 Å². The minimum Gasteiger partial charge on any atom is -0.388 e.